The van der Waals surface area contributed by atoms with Crippen LogP contribution in [0.1, 0.15) is 12.5 Å². The van der Waals surface area contributed by atoms with Gasteiger partial charge in [0.25, 0.3) is 0 Å². The molecule has 0 aliphatic heterocycles. The van der Waals surface area contributed by atoms with Gasteiger partial charge < -0.3 is 10.1 Å². The standard InChI is InChI=1S/C18H15N5O/c1-2-24-17-8-7-14(12-21-17)22-18-20-10-9-16(23-18)15-6-4-3-5-13(15)11-19/h3-10,12H,2H2,1H3,(H,20,22,23). The number of rotatable bonds is 5. The molecular formula is C18H15N5O. The molecule has 0 fully saturated rings. The Kier molecular flexibility index (Phi) is 4.63. The van der Waals surface area contributed by atoms with Gasteiger partial charge in [-0.15, -0.1) is 0 Å². The van der Waals surface area contributed by atoms with E-state index in [4.69, 9.17) is 4.74 Å². The fourth-order valence-corrected chi connectivity index (χ4v) is 2.19. The zero-order chi connectivity index (χ0) is 16.8. The second-order valence-corrected chi connectivity index (χ2v) is 4.87. The van der Waals surface area contributed by atoms with Gasteiger partial charge in [0.15, 0.2) is 0 Å². The van der Waals surface area contributed by atoms with E-state index in [1.807, 2.05) is 31.2 Å². The van der Waals surface area contributed by atoms with Crippen molar-refractivity contribution in [2.45, 2.75) is 6.92 Å². The Bertz CT molecular complexity index is 871. The van der Waals surface area contributed by atoms with Gasteiger partial charge in [-0.1, -0.05) is 18.2 Å². The maximum atomic E-state index is 9.22. The molecule has 118 valence electrons. The number of ether oxygens (including phenoxy) is 1. The summed E-state index contributed by atoms with van der Waals surface area (Å²) in [6.07, 6.45) is 3.31. The first-order chi connectivity index (χ1) is 11.8. The van der Waals surface area contributed by atoms with Crippen LogP contribution < -0.4 is 10.1 Å². The summed E-state index contributed by atoms with van der Waals surface area (Å²) in [5.41, 5.74) is 2.79. The smallest absolute Gasteiger partial charge is 0.227 e. The minimum atomic E-state index is 0.436. The molecule has 0 saturated heterocycles. The van der Waals surface area contributed by atoms with Gasteiger partial charge in [0, 0.05) is 17.8 Å². The lowest BCUT2D eigenvalue weighted by molar-refractivity contribution is 0.327. The zero-order valence-electron chi connectivity index (χ0n) is 13.1. The molecule has 2 heterocycles. The van der Waals surface area contributed by atoms with Crippen LogP contribution in [-0.4, -0.2) is 21.6 Å². The third-order valence-electron chi connectivity index (χ3n) is 3.26. The van der Waals surface area contributed by atoms with E-state index in [-0.39, 0.29) is 0 Å². The van der Waals surface area contributed by atoms with E-state index in [1.54, 1.807) is 30.6 Å². The van der Waals surface area contributed by atoms with Gasteiger partial charge in [0.1, 0.15) is 0 Å². The average Bonchev–Trinajstić information content (AvgIpc) is 2.64. The fourth-order valence-electron chi connectivity index (χ4n) is 2.19. The normalized spacial score (nSPS) is 10.0. The summed E-state index contributed by atoms with van der Waals surface area (Å²) in [4.78, 5) is 12.9. The van der Waals surface area contributed by atoms with Crippen LogP contribution in [0.5, 0.6) is 5.88 Å². The number of anilines is 2. The first-order valence-corrected chi connectivity index (χ1v) is 7.48. The Labute approximate surface area is 139 Å². The molecule has 0 atom stereocenters. The number of nitriles is 1. The lowest BCUT2D eigenvalue weighted by atomic mass is 10.1. The van der Waals surface area contributed by atoms with Gasteiger partial charge in [-0.3, -0.25) is 0 Å². The van der Waals surface area contributed by atoms with Crippen LogP contribution in [0.15, 0.2) is 54.9 Å². The Morgan fingerprint density at radius 2 is 2.00 bits per heavy atom. The Morgan fingerprint density at radius 1 is 1.12 bits per heavy atom. The van der Waals surface area contributed by atoms with Crippen molar-refractivity contribution in [2.75, 3.05) is 11.9 Å². The topological polar surface area (TPSA) is 83.7 Å². The van der Waals surface area contributed by atoms with Crippen molar-refractivity contribution in [1.82, 2.24) is 15.0 Å². The highest BCUT2D eigenvalue weighted by molar-refractivity contribution is 5.68. The van der Waals surface area contributed by atoms with Gasteiger partial charge in [-0.25, -0.2) is 15.0 Å². The summed E-state index contributed by atoms with van der Waals surface area (Å²) < 4.78 is 5.31. The predicted octanol–water partition coefficient (Wildman–Crippen LogP) is 3.55. The number of nitrogens with zero attached hydrogens (tertiary/aromatic N) is 4. The van der Waals surface area contributed by atoms with Crippen molar-refractivity contribution in [2.24, 2.45) is 0 Å². The first-order valence-electron chi connectivity index (χ1n) is 7.48. The summed E-state index contributed by atoms with van der Waals surface area (Å²) in [5, 5.41) is 12.3. The molecule has 2 aromatic heterocycles. The van der Waals surface area contributed by atoms with Crippen LogP contribution in [0.3, 0.4) is 0 Å². The van der Waals surface area contributed by atoms with Gasteiger partial charge in [0.05, 0.1) is 35.8 Å². The van der Waals surface area contributed by atoms with Gasteiger partial charge in [-0.2, -0.15) is 5.26 Å². The Balaban J connectivity index is 1.84. The van der Waals surface area contributed by atoms with Crippen LogP contribution in [0.2, 0.25) is 0 Å². The van der Waals surface area contributed by atoms with Crippen LogP contribution in [0, 0.1) is 11.3 Å². The van der Waals surface area contributed by atoms with Gasteiger partial charge in [0.2, 0.25) is 11.8 Å². The molecule has 0 spiro atoms. The van der Waals surface area contributed by atoms with Crippen molar-refractivity contribution in [1.29, 1.82) is 5.26 Å². The summed E-state index contributed by atoms with van der Waals surface area (Å²) in [6, 6.07) is 14.9. The summed E-state index contributed by atoms with van der Waals surface area (Å²) in [6.45, 7) is 2.48. The molecule has 0 aliphatic rings. The van der Waals surface area contributed by atoms with Crippen molar-refractivity contribution < 1.29 is 4.74 Å². The van der Waals surface area contributed by atoms with E-state index in [2.05, 4.69) is 26.3 Å². The van der Waals surface area contributed by atoms with E-state index in [1.165, 1.54) is 0 Å². The van der Waals surface area contributed by atoms with Crippen molar-refractivity contribution >= 4 is 11.6 Å². The molecule has 0 bridgehead atoms. The summed E-state index contributed by atoms with van der Waals surface area (Å²) in [5.74, 6) is 1.01. The molecule has 6 nitrogen and oxygen atoms in total. The quantitative estimate of drug-likeness (QED) is 0.774. The zero-order valence-corrected chi connectivity index (χ0v) is 13.1. The predicted molar refractivity (Wildman–Crippen MR) is 90.9 cm³/mol. The molecule has 24 heavy (non-hydrogen) atoms. The molecule has 0 radical (unpaired) electrons. The SMILES string of the molecule is CCOc1ccc(Nc2nccc(-c3ccccc3C#N)n2)cn1. The molecule has 3 aromatic rings. The second-order valence-electron chi connectivity index (χ2n) is 4.87. The average molecular weight is 317 g/mol. The van der Waals surface area contributed by atoms with Gasteiger partial charge in [-0.05, 0) is 25.1 Å². The minimum absolute atomic E-state index is 0.436. The van der Waals surface area contributed by atoms with E-state index >= 15 is 0 Å². The van der Waals surface area contributed by atoms with E-state index in [0.29, 0.717) is 29.7 Å². The molecule has 3 rings (SSSR count). The third kappa shape index (κ3) is 3.47. The first kappa shape index (κ1) is 15.4. The lowest BCUT2D eigenvalue weighted by Crippen LogP contribution is -2.00. The molecule has 0 amide bonds. The molecule has 1 aromatic carbocycles. The maximum absolute atomic E-state index is 9.22. The molecular weight excluding hydrogens is 302 g/mol. The molecule has 1 N–H and O–H groups in total. The van der Waals surface area contributed by atoms with Gasteiger partial charge >= 0.3 is 0 Å². The molecule has 6 heteroatoms. The van der Waals surface area contributed by atoms with Crippen molar-refractivity contribution in [3.05, 3.63) is 60.4 Å². The number of hydrogen-bond donors (Lipinski definition) is 1. The van der Waals surface area contributed by atoms with E-state index in [9.17, 15) is 5.26 Å². The highest BCUT2D eigenvalue weighted by atomic mass is 16.5. The lowest BCUT2D eigenvalue weighted by Gasteiger charge is -2.08. The van der Waals surface area contributed by atoms with Crippen LogP contribution >= 0.6 is 0 Å². The van der Waals surface area contributed by atoms with E-state index in [0.717, 1.165) is 11.3 Å². The second kappa shape index (κ2) is 7.20. The fraction of sp³-hybridized carbons (Fsp3) is 0.111. The van der Waals surface area contributed by atoms with Crippen LogP contribution in [0.25, 0.3) is 11.3 Å². The number of benzene rings is 1. The Morgan fingerprint density at radius 3 is 2.75 bits per heavy atom. The number of hydrogen-bond acceptors (Lipinski definition) is 6. The summed E-state index contributed by atoms with van der Waals surface area (Å²) in [7, 11) is 0. The number of pyridine rings is 1. The minimum Gasteiger partial charge on any atom is -0.478 e. The molecule has 0 unspecified atom stereocenters. The largest absolute Gasteiger partial charge is 0.478 e. The summed E-state index contributed by atoms with van der Waals surface area (Å²) >= 11 is 0. The molecule has 0 aliphatic carbocycles. The maximum Gasteiger partial charge on any atom is 0.227 e. The van der Waals surface area contributed by atoms with Crippen molar-refractivity contribution in [3.63, 3.8) is 0 Å². The van der Waals surface area contributed by atoms with Crippen LogP contribution in [-0.2, 0) is 0 Å². The Hall–Kier alpha value is -3.46. The highest BCUT2D eigenvalue weighted by Crippen LogP contribution is 2.22. The third-order valence-corrected chi connectivity index (χ3v) is 3.26. The number of nitrogens with one attached hydrogen (secondary N) is 1. The van der Waals surface area contributed by atoms with Crippen LogP contribution in [0.4, 0.5) is 11.6 Å². The van der Waals surface area contributed by atoms with Crippen molar-refractivity contribution in [3.8, 4) is 23.2 Å². The highest BCUT2D eigenvalue weighted by Gasteiger charge is 2.07. The number of aromatic nitrogens is 3. The van der Waals surface area contributed by atoms with E-state index < -0.39 is 0 Å². The monoisotopic (exact) mass is 317 g/mol. The molecule has 0 saturated carbocycles.